The number of nitrogens with zero attached hydrogens (tertiary/aromatic N) is 3. The van der Waals surface area contributed by atoms with Crippen molar-refractivity contribution in [2.24, 2.45) is 0 Å². The standard InChI is InChI=1S/C21H24ClN3O2/c1-7-27-17(26)10-16-14(5)23-21-19(15(6)24-25(21)20(16)22)18-12(3)8-11(2)9-13(18)4/h8-9H,7,10H2,1-6H3. The topological polar surface area (TPSA) is 56.5 Å². The van der Waals surface area contributed by atoms with E-state index in [-0.39, 0.29) is 12.4 Å². The summed E-state index contributed by atoms with van der Waals surface area (Å²) in [6, 6.07) is 4.32. The van der Waals surface area contributed by atoms with E-state index >= 15 is 0 Å². The molecule has 0 bridgehead atoms. The maximum atomic E-state index is 11.9. The Labute approximate surface area is 164 Å². The minimum absolute atomic E-state index is 0.0816. The molecule has 0 radical (unpaired) electrons. The first-order valence-corrected chi connectivity index (χ1v) is 9.40. The third-order valence-electron chi connectivity index (χ3n) is 4.73. The summed E-state index contributed by atoms with van der Waals surface area (Å²) in [4.78, 5) is 16.7. The van der Waals surface area contributed by atoms with Crippen molar-refractivity contribution in [1.29, 1.82) is 0 Å². The van der Waals surface area contributed by atoms with Gasteiger partial charge in [-0.15, -0.1) is 0 Å². The summed E-state index contributed by atoms with van der Waals surface area (Å²) in [5, 5.41) is 5.02. The fourth-order valence-corrected chi connectivity index (χ4v) is 4.00. The maximum Gasteiger partial charge on any atom is 0.310 e. The molecule has 3 rings (SSSR count). The van der Waals surface area contributed by atoms with Gasteiger partial charge >= 0.3 is 5.97 Å². The van der Waals surface area contributed by atoms with Crippen molar-refractivity contribution in [2.75, 3.05) is 6.61 Å². The number of aryl methyl sites for hydroxylation is 5. The average molecular weight is 386 g/mol. The van der Waals surface area contributed by atoms with E-state index in [1.807, 2.05) is 13.8 Å². The molecule has 0 spiro atoms. The van der Waals surface area contributed by atoms with E-state index in [2.05, 4.69) is 38.0 Å². The van der Waals surface area contributed by atoms with Crippen LogP contribution in [0, 0.1) is 34.6 Å². The molecule has 1 aromatic carbocycles. The van der Waals surface area contributed by atoms with Crippen molar-refractivity contribution >= 4 is 23.2 Å². The molecule has 27 heavy (non-hydrogen) atoms. The van der Waals surface area contributed by atoms with E-state index in [1.54, 1.807) is 11.4 Å². The zero-order valence-corrected chi connectivity index (χ0v) is 17.4. The second-order valence-corrected chi connectivity index (χ2v) is 7.28. The van der Waals surface area contributed by atoms with Crippen LogP contribution in [-0.2, 0) is 16.0 Å². The highest BCUT2D eigenvalue weighted by Crippen LogP contribution is 2.35. The van der Waals surface area contributed by atoms with Crippen LogP contribution in [0.25, 0.3) is 16.8 Å². The van der Waals surface area contributed by atoms with Gasteiger partial charge in [0.05, 0.1) is 24.3 Å². The minimum Gasteiger partial charge on any atom is -0.466 e. The fraction of sp³-hybridized carbons (Fsp3) is 0.381. The van der Waals surface area contributed by atoms with Gasteiger partial charge in [0.25, 0.3) is 0 Å². The molecule has 0 unspecified atom stereocenters. The quantitative estimate of drug-likeness (QED) is 0.482. The Morgan fingerprint density at radius 1 is 1.07 bits per heavy atom. The van der Waals surface area contributed by atoms with Crippen LogP contribution in [0.5, 0.6) is 0 Å². The zero-order valence-electron chi connectivity index (χ0n) is 16.6. The maximum absolute atomic E-state index is 11.9. The molecule has 0 atom stereocenters. The normalized spacial score (nSPS) is 11.2. The molecule has 3 aromatic rings. The summed E-state index contributed by atoms with van der Waals surface area (Å²) in [6.07, 6.45) is 0.0816. The highest BCUT2D eigenvalue weighted by molar-refractivity contribution is 6.30. The van der Waals surface area contributed by atoms with E-state index in [9.17, 15) is 4.79 Å². The molecule has 5 nitrogen and oxygen atoms in total. The SMILES string of the molecule is CCOC(=O)Cc1c(C)nc2c(-c3c(C)cc(C)cc3C)c(C)nn2c1Cl. The molecular formula is C21H24ClN3O2. The highest BCUT2D eigenvalue weighted by atomic mass is 35.5. The van der Waals surface area contributed by atoms with Crippen molar-refractivity contribution in [3.05, 3.63) is 50.9 Å². The van der Waals surface area contributed by atoms with Crippen molar-refractivity contribution in [3.8, 4) is 11.1 Å². The number of hydrogen-bond donors (Lipinski definition) is 0. The third kappa shape index (κ3) is 3.44. The lowest BCUT2D eigenvalue weighted by Gasteiger charge is -2.12. The number of benzene rings is 1. The molecule has 0 saturated heterocycles. The van der Waals surface area contributed by atoms with Crippen LogP contribution in [0.2, 0.25) is 5.15 Å². The number of fused-ring (bicyclic) bond motifs is 1. The molecule has 0 aliphatic carbocycles. The van der Waals surface area contributed by atoms with Crippen LogP contribution in [0.1, 0.15) is 40.6 Å². The zero-order chi connectivity index (χ0) is 19.9. The molecule has 0 N–H and O–H groups in total. The Morgan fingerprint density at radius 3 is 2.30 bits per heavy atom. The first-order chi connectivity index (χ1) is 12.7. The Bertz CT molecular complexity index is 1030. The lowest BCUT2D eigenvalue weighted by atomic mass is 9.94. The van der Waals surface area contributed by atoms with Crippen LogP contribution in [0.3, 0.4) is 0 Å². The molecule has 0 saturated carbocycles. The Kier molecular flexibility index (Phi) is 5.24. The van der Waals surface area contributed by atoms with E-state index in [0.717, 1.165) is 16.8 Å². The van der Waals surface area contributed by atoms with E-state index in [1.165, 1.54) is 16.7 Å². The molecule has 0 fully saturated rings. The van der Waals surface area contributed by atoms with Gasteiger partial charge in [-0.3, -0.25) is 4.79 Å². The Morgan fingerprint density at radius 2 is 1.70 bits per heavy atom. The molecule has 0 amide bonds. The molecule has 6 heteroatoms. The van der Waals surface area contributed by atoms with Crippen LogP contribution in [0.15, 0.2) is 12.1 Å². The number of ether oxygens (including phenoxy) is 1. The summed E-state index contributed by atoms with van der Waals surface area (Å²) in [5.41, 5.74) is 8.62. The van der Waals surface area contributed by atoms with Gasteiger partial charge in [0, 0.05) is 11.3 Å². The Hall–Kier alpha value is -2.40. The predicted octanol–water partition coefficient (Wildman–Crippen LogP) is 4.70. The summed E-state index contributed by atoms with van der Waals surface area (Å²) in [5.74, 6) is -0.321. The number of hydrogen-bond acceptors (Lipinski definition) is 4. The van der Waals surface area contributed by atoms with Gasteiger partial charge in [-0.05, 0) is 58.2 Å². The van der Waals surface area contributed by atoms with Crippen LogP contribution in [-0.4, -0.2) is 27.2 Å². The van der Waals surface area contributed by atoms with Gasteiger partial charge in [0.2, 0.25) is 0 Å². The first-order valence-electron chi connectivity index (χ1n) is 9.02. The van der Waals surface area contributed by atoms with Gasteiger partial charge in [-0.1, -0.05) is 29.3 Å². The van der Waals surface area contributed by atoms with Gasteiger partial charge in [-0.2, -0.15) is 5.10 Å². The van der Waals surface area contributed by atoms with Gasteiger partial charge in [-0.25, -0.2) is 9.50 Å². The third-order valence-corrected chi connectivity index (χ3v) is 5.12. The number of esters is 1. The lowest BCUT2D eigenvalue weighted by Crippen LogP contribution is -2.12. The summed E-state index contributed by atoms with van der Waals surface area (Å²) in [7, 11) is 0. The average Bonchev–Trinajstić information content (AvgIpc) is 2.88. The number of aromatic nitrogens is 3. The van der Waals surface area contributed by atoms with Crippen molar-refractivity contribution in [3.63, 3.8) is 0 Å². The molecule has 142 valence electrons. The van der Waals surface area contributed by atoms with Gasteiger partial charge in [0.15, 0.2) is 5.65 Å². The summed E-state index contributed by atoms with van der Waals surface area (Å²) >= 11 is 6.62. The van der Waals surface area contributed by atoms with Crippen molar-refractivity contribution in [1.82, 2.24) is 14.6 Å². The molecule has 0 aliphatic heterocycles. The second-order valence-electron chi connectivity index (χ2n) is 6.92. The monoisotopic (exact) mass is 385 g/mol. The lowest BCUT2D eigenvalue weighted by molar-refractivity contribution is -0.142. The van der Waals surface area contributed by atoms with Gasteiger partial charge < -0.3 is 4.74 Å². The summed E-state index contributed by atoms with van der Waals surface area (Å²) in [6.45, 7) is 12.2. The first kappa shape index (κ1) is 19.4. The fourth-order valence-electron chi connectivity index (χ4n) is 3.68. The highest BCUT2D eigenvalue weighted by Gasteiger charge is 2.22. The number of carbonyl (C=O) groups excluding carboxylic acids is 1. The van der Waals surface area contributed by atoms with Crippen LogP contribution >= 0.6 is 11.6 Å². The van der Waals surface area contributed by atoms with E-state index < -0.39 is 0 Å². The van der Waals surface area contributed by atoms with E-state index in [0.29, 0.717) is 28.7 Å². The number of halogens is 1. The molecule has 2 heterocycles. The van der Waals surface area contributed by atoms with Crippen LogP contribution in [0.4, 0.5) is 0 Å². The van der Waals surface area contributed by atoms with Gasteiger partial charge in [0.1, 0.15) is 5.15 Å². The Balaban J connectivity index is 2.24. The van der Waals surface area contributed by atoms with Crippen molar-refractivity contribution in [2.45, 2.75) is 48.0 Å². The molecule has 0 aliphatic rings. The molecular weight excluding hydrogens is 362 g/mol. The largest absolute Gasteiger partial charge is 0.466 e. The number of carbonyl (C=O) groups is 1. The molecule has 2 aromatic heterocycles. The second kappa shape index (κ2) is 7.31. The van der Waals surface area contributed by atoms with Crippen LogP contribution < -0.4 is 0 Å². The van der Waals surface area contributed by atoms with Crippen molar-refractivity contribution < 1.29 is 9.53 Å². The predicted molar refractivity (Wildman–Crippen MR) is 107 cm³/mol. The summed E-state index contributed by atoms with van der Waals surface area (Å²) < 4.78 is 6.69. The minimum atomic E-state index is -0.321. The van der Waals surface area contributed by atoms with E-state index in [4.69, 9.17) is 21.3 Å². The smallest absolute Gasteiger partial charge is 0.310 e. The number of rotatable bonds is 4.